The van der Waals surface area contributed by atoms with E-state index in [0.717, 1.165) is 23.9 Å². The van der Waals surface area contributed by atoms with Crippen molar-refractivity contribution in [1.82, 2.24) is 14.7 Å². The summed E-state index contributed by atoms with van der Waals surface area (Å²) in [5, 5.41) is 5.16. The molecule has 0 aliphatic heterocycles. The molecular weight excluding hydrogens is 246 g/mol. The fourth-order valence-corrected chi connectivity index (χ4v) is 2.37. The predicted octanol–water partition coefficient (Wildman–Crippen LogP) is 3.78. The monoisotopic (exact) mass is 271 g/mol. The maximum absolute atomic E-state index is 6.31. The average Bonchev–Trinajstić information content (AvgIpc) is 2.59. The Labute approximate surface area is 116 Å². The Morgan fingerprint density at radius 1 is 1.39 bits per heavy atom. The molecule has 0 bridgehead atoms. The Bertz CT molecular complexity index is 373. The zero-order valence-electron chi connectivity index (χ0n) is 12.3. The zero-order chi connectivity index (χ0) is 13.7. The van der Waals surface area contributed by atoms with E-state index in [4.69, 9.17) is 11.6 Å². The molecule has 18 heavy (non-hydrogen) atoms. The van der Waals surface area contributed by atoms with Gasteiger partial charge in [-0.3, -0.25) is 9.58 Å². The van der Waals surface area contributed by atoms with Crippen molar-refractivity contribution in [1.29, 1.82) is 0 Å². The number of aromatic nitrogens is 2. The molecule has 0 aromatic carbocycles. The van der Waals surface area contributed by atoms with Crippen LogP contribution in [0.25, 0.3) is 0 Å². The van der Waals surface area contributed by atoms with E-state index in [1.165, 1.54) is 24.8 Å². The maximum Gasteiger partial charge on any atom is 0.131 e. The molecule has 1 heterocycles. The number of rotatable bonds is 7. The number of unbranched alkanes of at least 4 members (excludes halogenated alkanes) is 1. The van der Waals surface area contributed by atoms with E-state index in [0.29, 0.717) is 6.04 Å². The Hall–Kier alpha value is -0.540. The van der Waals surface area contributed by atoms with E-state index in [2.05, 4.69) is 30.8 Å². The van der Waals surface area contributed by atoms with E-state index >= 15 is 0 Å². The summed E-state index contributed by atoms with van der Waals surface area (Å²) in [6.45, 7) is 10.8. The Kier molecular flexibility index (Phi) is 6.16. The molecule has 1 unspecified atom stereocenters. The van der Waals surface area contributed by atoms with Gasteiger partial charge in [0.25, 0.3) is 0 Å². The highest BCUT2D eigenvalue weighted by Gasteiger charge is 2.18. The summed E-state index contributed by atoms with van der Waals surface area (Å²) in [5.74, 6) is 0. The lowest BCUT2D eigenvalue weighted by Crippen LogP contribution is -2.33. The van der Waals surface area contributed by atoms with Gasteiger partial charge < -0.3 is 0 Å². The first-order chi connectivity index (χ1) is 8.51. The number of aryl methyl sites for hydroxylation is 2. The van der Waals surface area contributed by atoms with Crippen LogP contribution in [-0.4, -0.2) is 27.3 Å². The van der Waals surface area contributed by atoms with Gasteiger partial charge in [0.05, 0.1) is 5.69 Å². The standard InChI is InChI=1S/C14H26ClN3/c1-6-8-9-18(11(3)7-2)10-13-12(4)16-17(5)14(13)15/h11H,6-10H2,1-5H3. The van der Waals surface area contributed by atoms with Gasteiger partial charge >= 0.3 is 0 Å². The second-order valence-corrected chi connectivity index (χ2v) is 5.42. The average molecular weight is 272 g/mol. The summed E-state index contributed by atoms with van der Waals surface area (Å²) < 4.78 is 1.76. The molecule has 0 saturated heterocycles. The Morgan fingerprint density at radius 2 is 2.06 bits per heavy atom. The molecule has 0 aliphatic carbocycles. The molecule has 4 heteroatoms. The summed E-state index contributed by atoms with van der Waals surface area (Å²) in [6.07, 6.45) is 3.63. The highest BCUT2D eigenvalue weighted by atomic mass is 35.5. The second kappa shape index (κ2) is 7.15. The number of nitrogens with zero attached hydrogens (tertiary/aromatic N) is 3. The van der Waals surface area contributed by atoms with Crippen molar-refractivity contribution in [3.63, 3.8) is 0 Å². The first-order valence-corrected chi connectivity index (χ1v) is 7.31. The van der Waals surface area contributed by atoms with Crippen LogP contribution in [-0.2, 0) is 13.6 Å². The van der Waals surface area contributed by atoms with Gasteiger partial charge in [0.2, 0.25) is 0 Å². The van der Waals surface area contributed by atoms with Crippen molar-refractivity contribution in [2.45, 2.75) is 59.5 Å². The molecule has 0 aliphatic rings. The second-order valence-electron chi connectivity index (χ2n) is 5.06. The highest BCUT2D eigenvalue weighted by molar-refractivity contribution is 6.30. The fourth-order valence-electron chi connectivity index (χ4n) is 2.13. The summed E-state index contributed by atoms with van der Waals surface area (Å²) in [7, 11) is 1.90. The number of hydrogen-bond donors (Lipinski definition) is 0. The molecule has 0 amide bonds. The van der Waals surface area contributed by atoms with Crippen molar-refractivity contribution in [2.24, 2.45) is 7.05 Å². The van der Waals surface area contributed by atoms with Crippen LogP contribution in [0, 0.1) is 6.92 Å². The molecule has 1 rings (SSSR count). The van der Waals surface area contributed by atoms with Gasteiger partial charge in [0.15, 0.2) is 0 Å². The predicted molar refractivity (Wildman–Crippen MR) is 78.0 cm³/mol. The highest BCUT2D eigenvalue weighted by Crippen LogP contribution is 2.22. The lowest BCUT2D eigenvalue weighted by atomic mass is 10.1. The minimum Gasteiger partial charge on any atom is -0.296 e. The normalized spacial score (nSPS) is 13.3. The van der Waals surface area contributed by atoms with Crippen LogP contribution < -0.4 is 0 Å². The molecule has 1 atom stereocenters. The summed E-state index contributed by atoms with van der Waals surface area (Å²) in [4.78, 5) is 2.51. The SMILES string of the molecule is CCCCN(Cc1c(C)nn(C)c1Cl)C(C)CC. The minimum atomic E-state index is 0.590. The molecule has 3 nitrogen and oxygen atoms in total. The van der Waals surface area contributed by atoms with E-state index < -0.39 is 0 Å². The van der Waals surface area contributed by atoms with Crippen LogP contribution in [0.1, 0.15) is 51.3 Å². The van der Waals surface area contributed by atoms with Crippen LogP contribution in [0.5, 0.6) is 0 Å². The zero-order valence-corrected chi connectivity index (χ0v) is 13.1. The van der Waals surface area contributed by atoms with Crippen molar-refractivity contribution >= 4 is 11.6 Å². The van der Waals surface area contributed by atoms with Crippen molar-refractivity contribution in [3.8, 4) is 0 Å². The Morgan fingerprint density at radius 3 is 2.50 bits per heavy atom. The van der Waals surface area contributed by atoms with E-state index in [1.807, 2.05) is 14.0 Å². The lowest BCUT2D eigenvalue weighted by Gasteiger charge is -2.28. The van der Waals surface area contributed by atoms with Crippen molar-refractivity contribution in [3.05, 3.63) is 16.4 Å². The van der Waals surface area contributed by atoms with Gasteiger partial charge in [-0.15, -0.1) is 0 Å². The van der Waals surface area contributed by atoms with Gasteiger partial charge in [-0.2, -0.15) is 5.10 Å². The van der Waals surface area contributed by atoms with Gasteiger partial charge in [0, 0.05) is 25.2 Å². The summed E-state index contributed by atoms with van der Waals surface area (Å²) >= 11 is 6.31. The van der Waals surface area contributed by atoms with Gasteiger partial charge in [-0.1, -0.05) is 31.9 Å². The largest absolute Gasteiger partial charge is 0.296 e. The molecule has 0 N–H and O–H groups in total. The number of hydrogen-bond acceptors (Lipinski definition) is 2. The molecule has 104 valence electrons. The molecule has 0 fully saturated rings. The number of halogens is 1. The van der Waals surface area contributed by atoms with Gasteiger partial charge in [-0.05, 0) is 33.2 Å². The molecule has 1 aromatic rings. The van der Waals surface area contributed by atoms with E-state index in [9.17, 15) is 0 Å². The van der Waals surface area contributed by atoms with Crippen LogP contribution in [0.15, 0.2) is 0 Å². The molecule has 1 aromatic heterocycles. The molecule has 0 radical (unpaired) electrons. The smallest absolute Gasteiger partial charge is 0.131 e. The van der Waals surface area contributed by atoms with E-state index in [-0.39, 0.29) is 0 Å². The molecule has 0 saturated carbocycles. The van der Waals surface area contributed by atoms with Crippen molar-refractivity contribution in [2.75, 3.05) is 6.54 Å². The Balaban J connectivity index is 2.81. The third-order valence-corrected chi connectivity index (χ3v) is 4.12. The first-order valence-electron chi connectivity index (χ1n) is 6.93. The van der Waals surface area contributed by atoms with Gasteiger partial charge in [0.1, 0.15) is 5.15 Å². The van der Waals surface area contributed by atoms with Crippen LogP contribution >= 0.6 is 11.6 Å². The van der Waals surface area contributed by atoms with E-state index in [1.54, 1.807) is 4.68 Å². The minimum absolute atomic E-state index is 0.590. The quantitative estimate of drug-likeness (QED) is 0.752. The molecular formula is C14H26ClN3. The van der Waals surface area contributed by atoms with Crippen LogP contribution in [0.3, 0.4) is 0 Å². The maximum atomic E-state index is 6.31. The fraction of sp³-hybridized carbons (Fsp3) is 0.786. The van der Waals surface area contributed by atoms with Crippen LogP contribution in [0.4, 0.5) is 0 Å². The summed E-state index contributed by atoms with van der Waals surface area (Å²) in [5.41, 5.74) is 2.22. The van der Waals surface area contributed by atoms with Gasteiger partial charge in [-0.25, -0.2) is 0 Å². The lowest BCUT2D eigenvalue weighted by molar-refractivity contribution is 0.192. The first kappa shape index (κ1) is 15.5. The third kappa shape index (κ3) is 3.72. The van der Waals surface area contributed by atoms with Crippen LogP contribution in [0.2, 0.25) is 5.15 Å². The molecule has 0 spiro atoms. The van der Waals surface area contributed by atoms with Crippen molar-refractivity contribution < 1.29 is 0 Å². The summed E-state index contributed by atoms with van der Waals surface area (Å²) in [6, 6.07) is 0.590. The third-order valence-electron chi connectivity index (χ3n) is 3.64. The topological polar surface area (TPSA) is 21.1 Å².